The third-order valence-corrected chi connectivity index (χ3v) is 2.37. The minimum Gasteiger partial charge on any atom is -0.330 e. The lowest BCUT2D eigenvalue weighted by molar-refractivity contribution is 0.526. The van der Waals surface area contributed by atoms with Crippen molar-refractivity contribution in [3.05, 3.63) is 17.5 Å². The van der Waals surface area contributed by atoms with Gasteiger partial charge in [-0.15, -0.1) is 0 Å². The molecule has 0 atom stereocenters. The molecule has 0 saturated carbocycles. The predicted molar refractivity (Wildman–Crippen MR) is 59.5 cm³/mol. The fourth-order valence-corrected chi connectivity index (χ4v) is 1.52. The van der Waals surface area contributed by atoms with Crippen LogP contribution in [0.1, 0.15) is 50.9 Å². The van der Waals surface area contributed by atoms with Crippen molar-refractivity contribution in [2.45, 2.75) is 46.1 Å². The van der Waals surface area contributed by atoms with E-state index < -0.39 is 0 Å². The molecular formula is C11H21N3. The summed E-state index contributed by atoms with van der Waals surface area (Å²) < 4.78 is 2.03. The molecule has 1 rings (SSSR count). The average Bonchev–Trinajstić information content (AvgIpc) is 2.49. The summed E-state index contributed by atoms with van der Waals surface area (Å²) in [7, 11) is 0. The van der Waals surface area contributed by atoms with E-state index >= 15 is 0 Å². The normalized spacial score (nSPS) is 11.6. The molecule has 2 N–H and O–H groups in total. The topological polar surface area (TPSA) is 43.8 Å². The van der Waals surface area contributed by atoms with Gasteiger partial charge >= 0.3 is 0 Å². The van der Waals surface area contributed by atoms with Gasteiger partial charge in [-0.3, -0.25) is 4.68 Å². The molecule has 0 unspecified atom stereocenters. The summed E-state index contributed by atoms with van der Waals surface area (Å²) in [6, 6.07) is 0.430. The molecule has 1 aromatic heterocycles. The van der Waals surface area contributed by atoms with Crippen LogP contribution in [-0.2, 0) is 6.42 Å². The summed E-state index contributed by atoms with van der Waals surface area (Å²) in [6.45, 7) is 9.35. The van der Waals surface area contributed by atoms with Gasteiger partial charge in [0.1, 0.15) is 0 Å². The second-order valence-corrected chi connectivity index (χ2v) is 4.30. The fourth-order valence-electron chi connectivity index (χ4n) is 1.52. The van der Waals surface area contributed by atoms with Crippen LogP contribution in [0.15, 0.2) is 6.20 Å². The van der Waals surface area contributed by atoms with Crippen molar-refractivity contribution in [2.75, 3.05) is 6.54 Å². The zero-order valence-corrected chi connectivity index (χ0v) is 9.62. The maximum Gasteiger partial charge on any atom is 0.0671 e. The van der Waals surface area contributed by atoms with Gasteiger partial charge in [0.2, 0.25) is 0 Å². The first-order valence-electron chi connectivity index (χ1n) is 5.34. The quantitative estimate of drug-likeness (QED) is 0.799. The van der Waals surface area contributed by atoms with E-state index in [2.05, 4.69) is 39.0 Å². The Kier molecular flexibility index (Phi) is 3.69. The van der Waals surface area contributed by atoms with Crippen molar-refractivity contribution in [3.63, 3.8) is 0 Å². The molecule has 0 aromatic carbocycles. The first-order valence-corrected chi connectivity index (χ1v) is 5.34. The maximum atomic E-state index is 5.57. The molecule has 0 spiro atoms. The van der Waals surface area contributed by atoms with E-state index in [1.807, 2.05) is 4.68 Å². The van der Waals surface area contributed by atoms with E-state index in [0.717, 1.165) is 12.1 Å². The molecule has 0 aliphatic carbocycles. The summed E-state index contributed by atoms with van der Waals surface area (Å²) in [5.74, 6) is 0.532. The van der Waals surface area contributed by atoms with Crippen LogP contribution in [0.5, 0.6) is 0 Å². The molecular weight excluding hydrogens is 174 g/mol. The van der Waals surface area contributed by atoms with E-state index in [-0.39, 0.29) is 0 Å². The number of nitrogens with two attached hydrogens (primary N) is 1. The molecule has 1 aromatic rings. The Morgan fingerprint density at radius 2 is 2.00 bits per heavy atom. The molecule has 0 aliphatic rings. The van der Waals surface area contributed by atoms with Crippen LogP contribution in [0.3, 0.4) is 0 Å². The van der Waals surface area contributed by atoms with Gasteiger partial charge in [0.05, 0.1) is 5.69 Å². The van der Waals surface area contributed by atoms with Crippen LogP contribution in [0.25, 0.3) is 0 Å². The van der Waals surface area contributed by atoms with Gasteiger partial charge in [-0.2, -0.15) is 5.10 Å². The standard InChI is InChI=1S/C11H21N3/c1-8(2)10-7-14(9(3)4)13-11(10)5-6-12/h7-9H,5-6,12H2,1-4H3. The van der Waals surface area contributed by atoms with Crippen molar-refractivity contribution >= 4 is 0 Å². The van der Waals surface area contributed by atoms with E-state index in [1.54, 1.807) is 0 Å². The molecule has 0 radical (unpaired) electrons. The summed E-state index contributed by atoms with van der Waals surface area (Å²) in [4.78, 5) is 0. The van der Waals surface area contributed by atoms with Crippen molar-refractivity contribution in [1.29, 1.82) is 0 Å². The summed E-state index contributed by atoms with van der Waals surface area (Å²) in [5, 5.41) is 4.56. The molecule has 3 nitrogen and oxygen atoms in total. The number of nitrogens with zero attached hydrogens (tertiary/aromatic N) is 2. The van der Waals surface area contributed by atoms with Crippen LogP contribution in [0.2, 0.25) is 0 Å². The van der Waals surface area contributed by atoms with E-state index in [0.29, 0.717) is 18.5 Å². The average molecular weight is 195 g/mol. The molecule has 3 heteroatoms. The second kappa shape index (κ2) is 4.60. The summed E-state index contributed by atoms with van der Waals surface area (Å²) in [5.41, 5.74) is 8.07. The number of rotatable bonds is 4. The molecule has 80 valence electrons. The molecule has 14 heavy (non-hydrogen) atoms. The fraction of sp³-hybridized carbons (Fsp3) is 0.727. The van der Waals surface area contributed by atoms with Gasteiger partial charge < -0.3 is 5.73 Å². The number of hydrogen-bond acceptors (Lipinski definition) is 2. The van der Waals surface area contributed by atoms with Crippen LogP contribution in [0.4, 0.5) is 0 Å². The number of aromatic nitrogens is 2. The smallest absolute Gasteiger partial charge is 0.0671 e. The first kappa shape index (κ1) is 11.2. The molecule has 0 fully saturated rings. The zero-order valence-electron chi connectivity index (χ0n) is 9.62. The van der Waals surface area contributed by atoms with E-state index in [1.165, 1.54) is 5.56 Å². The Balaban J connectivity index is 2.99. The molecule has 0 saturated heterocycles. The zero-order chi connectivity index (χ0) is 10.7. The molecule has 0 amide bonds. The van der Waals surface area contributed by atoms with Crippen LogP contribution < -0.4 is 5.73 Å². The van der Waals surface area contributed by atoms with Crippen molar-refractivity contribution in [1.82, 2.24) is 9.78 Å². The van der Waals surface area contributed by atoms with Gasteiger partial charge in [0.15, 0.2) is 0 Å². The molecule has 1 heterocycles. The lowest BCUT2D eigenvalue weighted by Crippen LogP contribution is -2.07. The monoisotopic (exact) mass is 195 g/mol. The molecule has 0 bridgehead atoms. The van der Waals surface area contributed by atoms with E-state index in [4.69, 9.17) is 5.73 Å². The lowest BCUT2D eigenvalue weighted by Gasteiger charge is -2.03. The SMILES string of the molecule is CC(C)c1cn(C(C)C)nc1CCN. The first-order chi connectivity index (χ1) is 6.56. The Bertz CT molecular complexity index is 287. The van der Waals surface area contributed by atoms with Crippen LogP contribution >= 0.6 is 0 Å². The third kappa shape index (κ3) is 2.35. The van der Waals surface area contributed by atoms with Crippen molar-refractivity contribution < 1.29 is 0 Å². The number of hydrogen-bond donors (Lipinski definition) is 1. The van der Waals surface area contributed by atoms with Gasteiger partial charge in [-0.25, -0.2) is 0 Å². The van der Waals surface area contributed by atoms with Gasteiger partial charge in [0, 0.05) is 18.7 Å². The highest BCUT2D eigenvalue weighted by molar-refractivity contribution is 5.21. The van der Waals surface area contributed by atoms with E-state index in [9.17, 15) is 0 Å². The minimum atomic E-state index is 0.430. The Hall–Kier alpha value is -0.830. The van der Waals surface area contributed by atoms with Crippen molar-refractivity contribution in [3.8, 4) is 0 Å². The highest BCUT2D eigenvalue weighted by atomic mass is 15.3. The summed E-state index contributed by atoms with van der Waals surface area (Å²) >= 11 is 0. The van der Waals surface area contributed by atoms with Crippen LogP contribution in [0, 0.1) is 0 Å². The van der Waals surface area contributed by atoms with Gasteiger partial charge in [-0.05, 0) is 31.9 Å². The van der Waals surface area contributed by atoms with Crippen molar-refractivity contribution in [2.24, 2.45) is 5.73 Å². The lowest BCUT2D eigenvalue weighted by atomic mass is 10.0. The second-order valence-electron chi connectivity index (χ2n) is 4.30. The maximum absolute atomic E-state index is 5.57. The van der Waals surface area contributed by atoms with Gasteiger partial charge in [0.25, 0.3) is 0 Å². The third-order valence-electron chi connectivity index (χ3n) is 2.37. The summed E-state index contributed by atoms with van der Waals surface area (Å²) in [6.07, 6.45) is 3.04. The highest BCUT2D eigenvalue weighted by Gasteiger charge is 2.12. The highest BCUT2D eigenvalue weighted by Crippen LogP contribution is 2.20. The van der Waals surface area contributed by atoms with Gasteiger partial charge in [-0.1, -0.05) is 13.8 Å². The Labute approximate surface area is 86.3 Å². The Morgan fingerprint density at radius 1 is 1.36 bits per heavy atom. The molecule has 0 aliphatic heterocycles. The van der Waals surface area contributed by atoms with Crippen LogP contribution in [-0.4, -0.2) is 16.3 Å². The Morgan fingerprint density at radius 3 is 2.43 bits per heavy atom. The minimum absolute atomic E-state index is 0.430. The predicted octanol–water partition coefficient (Wildman–Crippen LogP) is 2.09. The largest absolute Gasteiger partial charge is 0.330 e.